The first-order chi connectivity index (χ1) is 15.7. The van der Waals surface area contributed by atoms with Crippen LogP contribution >= 0.6 is 11.3 Å². The summed E-state index contributed by atoms with van der Waals surface area (Å²) in [6.07, 6.45) is 8.44. The maximum Gasteiger partial charge on any atom is 0.262 e. The number of ether oxygens (including phenoxy) is 1. The Morgan fingerprint density at radius 3 is 2.97 bits per heavy atom. The molecule has 1 aromatic heterocycles. The molecule has 0 radical (unpaired) electrons. The third-order valence-corrected chi connectivity index (χ3v) is 6.84. The molecule has 1 amide bonds. The maximum absolute atomic E-state index is 11.8. The van der Waals surface area contributed by atoms with E-state index in [0.29, 0.717) is 5.75 Å². The number of anilines is 1. The minimum absolute atomic E-state index is 0.0689. The SMILES string of the molecule is Cc1cccc(N=c2scc(-c3ccc4c(c3)NC(=O)CO4)n2CCC2=CCCCC2)c1. The van der Waals surface area contributed by atoms with Crippen molar-refractivity contribution >= 4 is 28.6 Å². The van der Waals surface area contributed by atoms with Gasteiger partial charge in [-0.2, -0.15) is 0 Å². The molecule has 1 aliphatic carbocycles. The summed E-state index contributed by atoms with van der Waals surface area (Å²) in [6, 6.07) is 14.3. The number of hydrogen-bond acceptors (Lipinski definition) is 4. The topological polar surface area (TPSA) is 55.6 Å². The first-order valence-electron chi connectivity index (χ1n) is 11.2. The van der Waals surface area contributed by atoms with Gasteiger partial charge in [-0.1, -0.05) is 23.8 Å². The van der Waals surface area contributed by atoms with Gasteiger partial charge in [0.15, 0.2) is 11.4 Å². The van der Waals surface area contributed by atoms with E-state index >= 15 is 0 Å². The Hall–Kier alpha value is -3.12. The lowest BCUT2D eigenvalue weighted by atomic mass is 9.97. The van der Waals surface area contributed by atoms with E-state index in [1.165, 1.54) is 31.2 Å². The molecule has 0 fully saturated rings. The molecule has 164 valence electrons. The Morgan fingerprint density at radius 2 is 2.12 bits per heavy atom. The molecule has 3 aromatic rings. The van der Waals surface area contributed by atoms with Crippen LogP contribution in [-0.2, 0) is 11.3 Å². The Labute approximate surface area is 192 Å². The largest absolute Gasteiger partial charge is 0.482 e. The van der Waals surface area contributed by atoms with E-state index in [2.05, 4.69) is 46.5 Å². The van der Waals surface area contributed by atoms with E-state index in [1.54, 1.807) is 16.9 Å². The Kier molecular flexibility index (Phi) is 5.95. The van der Waals surface area contributed by atoms with Crippen LogP contribution in [0.3, 0.4) is 0 Å². The fraction of sp³-hybridized carbons (Fsp3) is 0.308. The van der Waals surface area contributed by atoms with E-state index in [0.717, 1.165) is 40.4 Å². The van der Waals surface area contributed by atoms with Crippen LogP contribution in [0, 0.1) is 6.92 Å². The normalized spacial score (nSPS) is 16.2. The molecule has 0 saturated heterocycles. The van der Waals surface area contributed by atoms with Gasteiger partial charge in [-0.15, -0.1) is 11.3 Å². The monoisotopic (exact) mass is 445 g/mol. The predicted molar refractivity (Wildman–Crippen MR) is 129 cm³/mol. The van der Waals surface area contributed by atoms with Crippen LogP contribution in [0.1, 0.15) is 37.7 Å². The minimum Gasteiger partial charge on any atom is -0.482 e. The zero-order chi connectivity index (χ0) is 21.9. The van der Waals surface area contributed by atoms with Gasteiger partial charge in [0.05, 0.1) is 17.1 Å². The van der Waals surface area contributed by atoms with Crippen molar-refractivity contribution in [2.45, 2.75) is 45.6 Å². The molecule has 2 aliphatic rings. The number of benzene rings is 2. The standard InChI is InChI=1S/C26H27N3O2S/c1-18-6-5-9-21(14-18)27-26-29(13-12-19-7-3-2-4-8-19)23(17-32-26)20-10-11-24-22(15-20)28-25(30)16-31-24/h5-7,9-11,14-15,17H,2-4,8,12-13,16H2,1H3,(H,28,30). The highest BCUT2D eigenvalue weighted by molar-refractivity contribution is 7.07. The molecule has 5 nitrogen and oxygen atoms in total. The number of thiazole rings is 1. The van der Waals surface area contributed by atoms with E-state index in [1.807, 2.05) is 24.3 Å². The highest BCUT2D eigenvalue weighted by atomic mass is 32.1. The lowest BCUT2D eigenvalue weighted by molar-refractivity contribution is -0.118. The van der Waals surface area contributed by atoms with Crippen LogP contribution in [0.15, 0.2) is 64.5 Å². The predicted octanol–water partition coefficient (Wildman–Crippen LogP) is 5.98. The lowest BCUT2D eigenvalue weighted by Gasteiger charge is -2.19. The molecule has 0 saturated carbocycles. The lowest BCUT2D eigenvalue weighted by Crippen LogP contribution is -2.25. The van der Waals surface area contributed by atoms with Crippen LogP contribution in [0.5, 0.6) is 5.75 Å². The number of rotatable bonds is 5. The molecular formula is C26H27N3O2S. The number of nitrogens with one attached hydrogen (secondary N) is 1. The molecule has 1 aliphatic heterocycles. The van der Waals surface area contributed by atoms with Crippen molar-refractivity contribution in [2.24, 2.45) is 4.99 Å². The highest BCUT2D eigenvalue weighted by Gasteiger charge is 2.18. The number of fused-ring (bicyclic) bond motifs is 1. The Balaban J connectivity index is 1.55. The average molecular weight is 446 g/mol. The van der Waals surface area contributed by atoms with Crippen molar-refractivity contribution in [2.75, 3.05) is 11.9 Å². The second kappa shape index (κ2) is 9.17. The van der Waals surface area contributed by atoms with Crippen molar-refractivity contribution in [3.63, 3.8) is 0 Å². The number of allylic oxidation sites excluding steroid dienone is 2. The van der Waals surface area contributed by atoms with Gasteiger partial charge in [0.2, 0.25) is 0 Å². The molecule has 32 heavy (non-hydrogen) atoms. The zero-order valence-electron chi connectivity index (χ0n) is 18.3. The van der Waals surface area contributed by atoms with Gasteiger partial charge >= 0.3 is 0 Å². The third-order valence-electron chi connectivity index (χ3n) is 5.97. The van der Waals surface area contributed by atoms with Gasteiger partial charge in [0, 0.05) is 17.5 Å². The third kappa shape index (κ3) is 4.55. The minimum atomic E-state index is -0.118. The number of carbonyl (C=O) groups is 1. The Bertz CT molecular complexity index is 1250. The number of hydrogen-bond donors (Lipinski definition) is 1. The van der Waals surface area contributed by atoms with E-state index in [-0.39, 0.29) is 12.5 Å². The van der Waals surface area contributed by atoms with E-state index in [4.69, 9.17) is 9.73 Å². The number of amides is 1. The molecular weight excluding hydrogens is 418 g/mol. The summed E-state index contributed by atoms with van der Waals surface area (Å²) in [5, 5.41) is 5.09. The van der Waals surface area contributed by atoms with Crippen molar-refractivity contribution < 1.29 is 9.53 Å². The molecule has 5 rings (SSSR count). The van der Waals surface area contributed by atoms with Crippen LogP contribution in [0.25, 0.3) is 11.3 Å². The second-order valence-corrected chi connectivity index (χ2v) is 9.25. The molecule has 2 heterocycles. The summed E-state index contributed by atoms with van der Waals surface area (Å²) < 4.78 is 7.85. The first-order valence-corrected chi connectivity index (χ1v) is 12.1. The van der Waals surface area contributed by atoms with Crippen LogP contribution in [-0.4, -0.2) is 17.1 Å². The van der Waals surface area contributed by atoms with Gasteiger partial charge in [-0.3, -0.25) is 4.79 Å². The summed E-state index contributed by atoms with van der Waals surface area (Å²) in [5.41, 5.74) is 6.61. The second-order valence-electron chi connectivity index (χ2n) is 8.41. The smallest absolute Gasteiger partial charge is 0.262 e. The van der Waals surface area contributed by atoms with Gasteiger partial charge in [-0.05, 0) is 74.9 Å². The van der Waals surface area contributed by atoms with E-state index < -0.39 is 0 Å². The summed E-state index contributed by atoms with van der Waals surface area (Å²) >= 11 is 1.65. The van der Waals surface area contributed by atoms with Gasteiger partial charge < -0.3 is 14.6 Å². The molecule has 6 heteroatoms. The number of aryl methyl sites for hydroxylation is 1. The van der Waals surface area contributed by atoms with Crippen LogP contribution < -0.4 is 14.9 Å². The zero-order valence-corrected chi connectivity index (χ0v) is 19.1. The fourth-order valence-corrected chi connectivity index (χ4v) is 5.26. The molecule has 0 atom stereocenters. The molecule has 1 N–H and O–H groups in total. The average Bonchev–Trinajstić information content (AvgIpc) is 3.20. The quantitative estimate of drug-likeness (QED) is 0.491. The Morgan fingerprint density at radius 1 is 1.19 bits per heavy atom. The first kappa shape index (κ1) is 20.8. The number of carbonyl (C=O) groups excluding carboxylic acids is 1. The number of aromatic nitrogens is 1. The van der Waals surface area contributed by atoms with Crippen molar-refractivity contribution in [1.82, 2.24) is 4.57 Å². The van der Waals surface area contributed by atoms with E-state index in [9.17, 15) is 4.79 Å². The van der Waals surface area contributed by atoms with Crippen LogP contribution in [0.2, 0.25) is 0 Å². The maximum atomic E-state index is 11.8. The number of nitrogens with zero attached hydrogens (tertiary/aromatic N) is 2. The van der Waals surface area contributed by atoms with Crippen molar-refractivity contribution in [3.05, 3.63) is 69.9 Å². The van der Waals surface area contributed by atoms with Crippen molar-refractivity contribution in [1.29, 1.82) is 0 Å². The highest BCUT2D eigenvalue weighted by Crippen LogP contribution is 2.33. The molecule has 0 unspecified atom stereocenters. The molecule has 0 bridgehead atoms. The summed E-state index contributed by atoms with van der Waals surface area (Å²) in [6.45, 7) is 3.04. The summed E-state index contributed by atoms with van der Waals surface area (Å²) in [7, 11) is 0. The molecule has 2 aromatic carbocycles. The molecule has 0 spiro atoms. The summed E-state index contributed by atoms with van der Waals surface area (Å²) in [4.78, 5) is 17.8. The summed E-state index contributed by atoms with van der Waals surface area (Å²) in [5.74, 6) is 0.597. The fourth-order valence-electron chi connectivity index (χ4n) is 4.30. The van der Waals surface area contributed by atoms with Crippen LogP contribution in [0.4, 0.5) is 11.4 Å². The van der Waals surface area contributed by atoms with Gasteiger partial charge in [0.1, 0.15) is 5.75 Å². The van der Waals surface area contributed by atoms with Crippen molar-refractivity contribution in [3.8, 4) is 17.0 Å². The van der Waals surface area contributed by atoms with Gasteiger partial charge in [-0.25, -0.2) is 4.99 Å². The van der Waals surface area contributed by atoms with Gasteiger partial charge in [0.25, 0.3) is 5.91 Å².